The van der Waals surface area contributed by atoms with Gasteiger partial charge >= 0.3 is 0 Å². The van der Waals surface area contributed by atoms with Crippen LogP contribution in [0.3, 0.4) is 0 Å². The minimum absolute atomic E-state index is 0.0155. The van der Waals surface area contributed by atoms with E-state index in [4.69, 9.17) is 0 Å². The van der Waals surface area contributed by atoms with Crippen molar-refractivity contribution < 1.29 is 17.6 Å². The summed E-state index contributed by atoms with van der Waals surface area (Å²) in [4.78, 5) is 16.4. The number of likely N-dealkylation sites (N-methyl/N-ethyl adjacent to an activating group) is 1. The molecule has 27 heavy (non-hydrogen) atoms. The summed E-state index contributed by atoms with van der Waals surface area (Å²) in [7, 11) is -1.75. The number of piperazine rings is 1. The Hall–Kier alpha value is -2.45. The first kappa shape index (κ1) is 19.3. The van der Waals surface area contributed by atoms with E-state index in [9.17, 15) is 17.6 Å². The zero-order chi connectivity index (χ0) is 19.4. The Labute approximate surface area is 158 Å². The van der Waals surface area contributed by atoms with E-state index in [1.165, 1.54) is 12.1 Å². The maximum Gasteiger partial charge on any atom is 0.261 e. The maximum atomic E-state index is 13.0. The Kier molecular flexibility index (Phi) is 5.76. The third-order valence-corrected chi connectivity index (χ3v) is 5.94. The molecule has 0 aromatic heterocycles. The van der Waals surface area contributed by atoms with E-state index >= 15 is 0 Å². The molecule has 1 amide bonds. The van der Waals surface area contributed by atoms with E-state index in [0.29, 0.717) is 5.69 Å². The molecule has 3 rings (SSSR count). The van der Waals surface area contributed by atoms with Crippen molar-refractivity contribution in [1.82, 2.24) is 9.80 Å². The zero-order valence-corrected chi connectivity index (χ0v) is 15.9. The van der Waals surface area contributed by atoms with Gasteiger partial charge in [-0.1, -0.05) is 12.1 Å². The second kappa shape index (κ2) is 8.06. The predicted octanol–water partition coefficient (Wildman–Crippen LogP) is 1.94. The van der Waals surface area contributed by atoms with E-state index in [-0.39, 0.29) is 17.2 Å². The molecule has 0 bridgehead atoms. The first-order valence-electron chi connectivity index (χ1n) is 8.67. The molecule has 1 fully saturated rings. The maximum absolute atomic E-state index is 13.0. The highest BCUT2D eigenvalue weighted by Gasteiger charge is 2.19. The highest BCUT2D eigenvalue weighted by atomic mass is 32.2. The van der Waals surface area contributed by atoms with Crippen LogP contribution in [0.1, 0.15) is 5.56 Å². The number of nitrogens with zero attached hydrogens (tertiary/aromatic N) is 2. The number of hydrogen-bond acceptors (Lipinski definition) is 4. The van der Waals surface area contributed by atoms with Gasteiger partial charge in [-0.2, -0.15) is 0 Å². The molecule has 0 atom stereocenters. The molecule has 0 radical (unpaired) electrons. The third kappa shape index (κ3) is 5.05. The number of halogens is 1. The molecule has 0 unspecified atom stereocenters. The first-order chi connectivity index (χ1) is 12.8. The SMILES string of the molecule is CN1CCN(C(=O)Cc2ccc(NS(=O)(=O)c3ccc(F)cc3)cc2)CC1. The van der Waals surface area contributed by atoms with Gasteiger partial charge in [0.1, 0.15) is 5.82 Å². The predicted molar refractivity (Wildman–Crippen MR) is 101 cm³/mol. The summed E-state index contributed by atoms with van der Waals surface area (Å²) in [5.74, 6) is -0.425. The van der Waals surface area contributed by atoms with Gasteiger partial charge in [0.25, 0.3) is 10.0 Å². The van der Waals surface area contributed by atoms with Gasteiger partial charge in [0.2, 0.25) is 5.91 Å². The Morgan fingerprint density at radius 2 is 1.59 bits per heavy atom. The van der Waals surface area contributed by atoms with Crippen LogP contribution in [0.25, 0.3) is 0 Å². The Balaban J connectivity index is 1.61. The Morgan fingerprint density at radius 1 is 1.00 bits per heavy atom. The normalized spacial score (nSPS) is 15.6. The molecule has 6 nitrogen and oxygen atoms in total. The average Bonchev–Trinajstić information content (AvgIpc) is 2.64. The number of rotatable bonds is 5. The molecule has 1 aliphatic rings. The molecule has 1 heterocycles. The van der Waals surface area contributed by atoms with Crippen LogP contribution in [-0.4, -0.2) is 57.4 Å². The number of carbonyl (C=O) groups is 1. The smallest absolute Gasteiger partial charge is 0.261 e. The lowest BCUT2D eigenvalue weighted by Crippen LogP contribution is -2.47. The molecular formula is C19H22FN3O3S. The number of carbonyl (C=O) groups excluding carboxylic acids is 1. The molecule has 0 spiro atoms. The minimum Gasteiger partial charge on any atom is -0.340 e. The summed E-state index contributed by atoms with van der Waals surface area (Å²) >= 11 is 0. The third-order valence-electron chi connectivity index (χ3n) is 4.54. The Bertz CT molecular complexity index is 891. The largest absolute Gasteiger partial charge is 0.340 e. The number of sulfonamides is 1. The number of nitrogens with one attached hydrogen (secondary N) is 1. The van der Waals surface area contributed by atoms with Crippen LogP contribution in [0, 0.1) is 5.82 Å². The minimum atomic E-state index is -3.78. The second-order valence-electron chi connectivity index (χ2n) is 6.62. The standard InChI is InChI=1S/C19H22FN3O3S/c1-22-10-12-23(13-11-22)19(24)14-15-2-6-17(7-3-15)21-27(25,26)18-8-4-16(20)5-9-18/h2-9,21H,10-14H2,1H3. The van der Waals surface area contributed by atoms with Gasteiger partial charge in [-0.25, -0.2) is 12.8 Å². The van der Waals surface area contributed by atoms with Crippen molar-refractivity contribution in [3.8, 4) is 0 Å². The van der Waals surface area contributed by atoms with Crippen molar-refractivity contribution in [2.45, 2.75) is 11.3 Å². The summed E-state index contributed by atoms with van der Waals surface area (Å²) in [6.45, 7) is 3.20. The molecule has 0 aliphatic carbocycles. The summed E-state index contributed by atoms with van der Waals surface area (Å²) in [6, 6.07) is 11.3. The molecule has 144 valence electrons. The van der Waals surface area contributed by atoms with Crippen LogP contribution < -0.4 is 4.72 Å². The number of benzene rings is 2. The first-order valence-corrected chi connectivity index (χ1v) is 10.2. The van der Waals surface area contributed by atoms with Gasteiger partial charge in [0, 0.05) is 31.9 Å². The lowest BCUT2D eigenvalue weighted by atomic mass is 10.1. The summed E-state index contributed by atoms with van der Waals surface area (Å²) in [5, 5.41) is 0. The van der Waals surface area contributed by atoms with E-state index in [1.807, 2.05) is 11.9 Å². The summed E-state index contributed by atoms with van der Waals surface area (Å²) in [6.07, 6.45) is 0.286. The fourth-order valence-corrected chi connectivity index (χ4v) is 3.92. The van der Waals surface area contributed by atoms with Crippen molar-refractivity contribution in [3.63, 3.8) is 0 Å². The molecular weight excluding hydrogens is 369 g/mol. The van der Waals surface area contributed by atoms with Gasteiger partial charge in [0.05, 0.1) is 11.3 Å². The molecule has 1 aliphatic heterocycles. The molecule has 0 saturated carbocycles. The van der Waals surface area contributed by atoms with Gasteiger partial charge in [0.15, 0.2) is 0 Å². The van der Waals surface area contributed by atoms with Crippen molar-refractivity contribution >= 4 is 21.6 Å². The van der Waals surface area contributed by atoms with Gasteiger partial charge in [-0.05, 0) is 49.0 Å². The van der Waals surface area contributed by atoms with Gasteiger partial charge in [-0.15, -0.1) is 0 Å². The van der Waals surface area contributed by atoms with Crippen molar-refractivity contribution in [3.05, 3.63) is 59.9 Å². The monoisotopic (exact) mass is 391 g/mol. The lowest BCUT2D eigenvalue weighted by Gasteiger charge is -2.32. The Morgan fingerprint density at radius 3 is 2.19 bits per heavy atom. The van der Waals surface area contributed by atoms with Crippen LogP contribution in [-0.2, 0) is 21.2 Å². The molecule has 8 heteroatoms. The van der Waals surface area contributed by atoms with Crippen molar-refractivity contribution in [1.29, 1.82) is 0 Å². The molecule has 2 aromatic rings. The van der Waals surface area contributed by atoms with E-state index in [1.54, 1.807) is 24.3 Å². The zero-order valence-electron chi connectivity index (χ0n) is 15.1. The molecule has 1 saturated heterocycles. The van der Waals surface area contributed by atoms with Crippen LogP contribution in [0.5, 0.6) is 0 Å². The van der Waals surface area contributed by atoms with Crippen LogP contribution >= 0.6 is 0 Å². The van der Waals surface area contributed by atoms with E-state index < -0.39 is 15.8 Å². The van der Waals surface area contributed by atoms with Gasteiger partial charge < -0.3 is 9.80 Å². The lowest BCUT2D eigenvalue weighted by molar-refractivity contribution is -0.132. The van der Waals surface area contributed by atoms with Crippen LogP contribution in [0.15, 0.2) is 53.4 Å². The fraction of sp³-hybridized carbons (Fsp3) is 0.316. The molecule has 2 aromatic carbocycles. The van der Waals surface area contributed by atoms with Crippen molar-refractivity contribution in [2.75, 3.05) is 37.9 Å². The van der Waals surface area contributed by atoms with Crippen molar-refractivity contribution in [2.24, 2.45) is 0 Å². The van der Waals surface area contributed by atoms with Gasteiger partial charge in [-0.3, -0.25) is 9.52 Å². The quantitative estimate of drug-likeness (QED) is 0.846. The van der Waals surface area contributed by atoms with E-state index in [2.05, 4.69) is 9.62 Å². The fourth-order valence-electron chi connectivity index (χ4n) is 2.86. The second-order valence-corrected chi connectivity index (χ2v) is 8.30. The van der Waals surface area contributed by atoms with Crippen LogP contribution in [0.4, 0.5) is 10.1 Å². The number of anilines is 1. The number of amides is 1. The topological polar surface area (TPSA) is 69.7 Å². The summed E-state index contributed by atoms with van der Waals surface area (Å²) in [5.41, 5.74) is 1.21. The average molecular weight is 391 g/mol. The number of hydrogen-bond donors (Lipinski definition) is 1. The molecule has 1 N–H and O–H groups in total. The van der Waals surface area contributed by atoms with Crippen LogP contribution in [0.2, 0.25) is 0 Å². The summed E-state index contributed by atoms with van der Waals surface area (Å²) < 4.78 is 40.0. The van der Waals surface area contributed by atoms with E-state index in [0.717, 1.165) is 43.9 Å². The highest BCUT2D eigenvalue weighted by Crippen LogP contribution is 2.17. The highest BCUT2D eigenvalue weighted by molar-refractivity contribution is 7.92.